The minimum Gasteiger partial charge on any atom is -0.457 e. The van der Waals surface area contributed by atoms with E-state index in [1.807, 2.05) is 0 Å². The van der Waals surface area contributed by atoms with E-state index in [2.05, 4.69) is 15.9 Å². The summed E-state index contributed by atoms with van der Waals surface area (Å²) in [5.41, 5.74) is 0.562. The lowest BCUT2D eigenvalue weighted by Crippen LogP contribution is -2.01. The van der Waals surface area contributed by atoms with Crippen molar-refractivity contribution in [1.82, 2.24) is 0 Å². The van der Waals surface area contributed by atoms with Crippen LogP contribution in [0.1, 0.15) is 42.6 Å². The quantitative estimate of drug-likeness (QED) is 0.399. The minimum absolute atomic E-state index is 0.0418. The number of hydrogen-bond donors (Lipinski definition) is 0. The highest BCUT2D eigenvalue weighted by atomic mass is 79.9. The molecule has 0 aromatic carbocycles. The standard InChI is InChI=1S/C12H18BrO5P/c1-4-16-19(15,17-5-2)8-10-6-11(7-13)18-12(10)9(3)14/h6H,4-5,7-8H2,1-3H3. The third kappa shape index (κ3) is 4.56. The summed E-state index contributed by atoms with van der Waals surface area (Å²) in [6, 6.07) is 1.70. The number of alkyl halides is 1. The van der Waals surface area contributed by atoms with E-state index in [9.17, 15) is 9.36 Å². The van der Waals surface area contributed by atoms with Crippen molar-refractivity contribution >= 4 is 29.3 Å². The Balaban J connectivity index is 3.04. The van der Waals surface area contributed by atoms with Crippen LogP contribution < -0.4 is 0 Å². The molecule has 0 aliphatic carbocycles. The summed E-state index contributed by atoms with van der Waals surface area (Å²) in [6.45, 7) is 5.48. The predicted molar refractivity (Wildman–Crippen MR) is 75.9 cm³/mol. The van der Waals surface area contributed by atoms with Gasteiger partial charge in [0, 0.05) is 12.5 Å². The molecule has 0 amide bonds. The van der Waals surface area contributed by atoms with Gasteiger partial charge in [-0.1, -0.05) is 15.9 Å². The fraction of sp³-hybridized carbons (Fsp3) is 0.583. The Labute approximate surface area is 121 Å². The van der Waals surface area contributed by atoms with Crippen molar-refractivity contribution in [2.75, 3.05) is 13.2 Å². The van der Waals surface area contributed by atoms with Crippen LogP contribution in [0, 0.1) is 0 Å². The summed E-state index contributed by atoms with van der Waals surface area (Å²) >= 11 is 3.26. The van der Waals surface area contributed by atoms with Gasteiger partial charge in [-0.2, -0.15) is 0 Å². The van der Waals surface area contributed by atoms with E-state index in [0.29, 0.717) is 16.7 Å². The summed E-state index contributed by atoms with van der Waals surface area (Å²) < 4.78 is 28.3. The molecule has 0 atom stereocenters. The average molecular weight is 353 g/mol. The van der Waals surface area contributed by atoms with Crippen molar-refractivity contribution in [2.45, 2.75) is 32.3 Å². The van der Waals surface area contributed by atoms with Gasteiger partial charge < -0.3 is 13.5 Å². The zero-order valence-electron chi connectivity index (χ0n) is 11.3. The minimum atomic E-state index is -3.23. The third-order valence-corrected chi connectivity index (χ3v) is 4.91. The van der Waals surface area contributed by atoms with Gasteiger partial charge in [0.25, 0.3) is 0 Å². The van der Waals surface area contributed by atoms with Crippen LogP contribution in [0.4, 0.5) is 0 Å². The highest BCUT2D eigenvalue weighted by Crippen LogP contribution is 2.52. The lowest BCUT2D eigenvalue weighted by molar-refractivity contribution is 0.0985. The second kappa shape index (κ2) is 7.39. The summed E-state index contributed by atoms with van der Waals surface area (Å²) in [4.78, 5) is 11.5. The number of halogens is 1. The molecule has 0 unspecified atom stereocenters. The SMILES string of the molecule is CCOP(=O)(Cc1cc(CBr)oc1C(C)=O)OCC. The Hall–Kier alpha value is -0.420. The molecule has 1 aromatic heterocycles. The zero-order chi connectivity index (χ0) is 14.5. The number of hydrogen-bond acceptors (Lipinski definition) is 5. The van der Waals surface area contributed by atoms with Crippen molar-refractivity contribution < 1.29 is 22.8 Å². The maximum Gasteiger partial charge on any atom is 0.335 e. The van der Waals surface area contributed by atoms with Crippen molar-refractivity contribution in [3.05, 3.63) is 23.2 Å². The van der Waals surface area contributed by atoms with Crippen LogP contribution in [0.5, 0.6) is 0 Å². The zero-order valence-corrected chi connectivity index (χ0v) is 13.8. The number of carbonyl (C=O) groups excluding carboxylic acids is 1. The number of rotatable bonds is 8. The van der Waals surface area contributed by atoms with Crippen molar-refractivity contribution in [3.8, 4) is 0 Å². The second-order valence-electron chi connectivity index (χ2n) is 3.86. The first-order chi connectivity index (χ1) is 8.95. The fourth-order valence-electron chi connectivity index (χ4n) is 1.70. The lowest BCUT2D eigenvalue weighted by atomic mass is 10.2. The summed E-state index contributed by atoms with van der Waals surface area (Å²) in [7, 11) is -3.23. The largest absolute Gasteiger partial charge is 0.457 e. The maximum absolute atomic E-state index is 12.4. The molecule has 0 aliphatic rings. The molecule has 0 bridgehead atoms. The summed E-state index contributed by atoms with van der Waals surface area (Å²) in [6.07, 6.45) is 0.0418. The van der Waals surface area contributed by atoms with E-state index in [0.717, 1.165) is 0 Å². The van der Waals surface area contributed by atoms with Crippen LogP contribution in [0.25, 0.3) is 0 Å². The van der Waals surface area contributed by atoms with Gasteiger partial charge in [-0.25, -0.2) is 0 Å². The Morgan fingerprint density at radius 2 is 1.95 bits per heavy atom. The first-order valence-electron chi connectivity index (χ1n) is 6.02. The second-order valence-corrected chi connectivity index (χ2v) is 6.48. The van der Waals surface area contributed by atoms with Crippen LogP contribution >= 0.6 is 23.5 Å². The summed E-state index contributed by atoms with van der Waals surface area (Å²) in [5, 5.41) is 0.487. The van der Waals surface area contributed by atoms with Gasteiger partial charge >= 0.3 is 7.60 Å². The number of Topliss-reactive ketones (excluding diaryl/α,β-unsaturated/α-hetero) is 1. The van der Waals surface area contributed by atoms with Gasteiger partial charge in [0.15, 0.2) is 11.5 Å². The molecule has 108 valence electrons. The maximum atomic E-state index is 12.4. The Morgan fingerprint density at radius 3 is 2.37 bits per heavy atom. The van der Waals surface area contributed by atoms with Crippen molar-refractivity contribution in [2.24, 2.45) is 0 Å². The highest BCUT2D eigenvalue weighted by molar-refractivity contribution is 9.08. The van der Waals surface area contributed by atoms with Crippen molar-refractivity contribution in [1.29, 1.82) is 0 Å². The molecular formula is C12H18BrO5P. The molecule has 0 radical (unpaired) electrons. The molecular weight excluding hydrogens is 335 g/mol. The Kier molecular flexibility index (Phi) is 6.47. The smallest absolute Gasteiger partial charge is 0.335 e. The first kappa shape index (κ1) is 16.6. The van der Waals surface area contributed by atoms with Crippen LogP contribution in [-0.2, 0) is 25.1 Å². The van der Waals surface area contributed by atoms with Gasteiger partial charge in [-0.3, -0.25) is 9.36 Å². The van der Waals surface area contributed by atoms with E-state index >= 15 is 0 Å². The van der Waals surface area contributed by atoms with Gasteiger partial charge in [-0.05, 0) is 19.9 Å². The number of carbonyl (C=O) groups is 1. The Morgan fingerprint density at radius 1 is 1.37 bits per heavy atom. The van der Waals surface area contributed by atoms with Crippen LogP contribution in [0.15, 0.2) is 10.5 Å². The lowest BCUT2D eigenvalue weighted by Gasteiger charge is -2.16. The predicted octanol–water partition coefficient (Wildman–Crippen LogP) is 4.14. The average Bonchev–Trinajstić information content (AvgIpc) is 2.72. The summed E-state index contributed by atoms with van der Waals surface area (Å²) in [5.74, 6) is 0.621. The van der Waals surface area contributed by atoms with Crippen molar-refractivity contribution in [3.63, 3.8) is 0 Å². The third-order valence-electron chi connectivity index (χ3n) is 2.33. The Bertz CT molecular complexity index is 472. The topological polar surface area (TPSA) is 65.7 Å². The number of furan rings is 1. The molecule has 7 heteroatoms. The first-order valence-corrected chi connectivity index (χ1v) is 8.87. The van der Waals surface area contributed by atoms with E-state index in [1.165, 1.54) is 6.92 Å². The van der Waals surface area contributed by atoms with Crippen LogP contribution in [-0.4, -0.2) is 19.0 Å². The van der Waals surface area contributed by atoms with Gasteiger partial charge in [-0.15, -0.1) is 0 Å². The molecule has 1 aromatic rings. The molecule has 1 rings (SSSR count). The van der Waals surface area contributed by atoms with Crippen LogP contribution in [0.2, 0.25) is 0 Å². The molecule has 1 heterocycles. The molecule has 0 spiro atoms. The molecule has 0 saturated heterocycles. The number of ketones is 1. The highest BCUT2D eigenvalue weighted by Gasteiger charge is 2.28. The van der Waals surface area contributed by atoms with Crippen LogP contribution in [0.3, 0.4) is 0 Å². The van der Waals surface area contributed by atoms with E-state index in [1.54, 1.807) is 19.9 Å². The van der Waals surface area contributed by atoms with E-state index < -0.39 is 7.60 Å². The molecule has 0 N–H and O–H groups in total. The van der Waals surface area contributed by atoms with Gasteiger partial charge in [0.1, 0.15) is 5.76 Å². The van der Waals surface area contributed by atoms with E-state index in [-0.39, 0.29) is 30.9 Å². The van der Waals surface area contributed by atoms with Gasteiger partial charge in [0.2, 0.25) is 0 Å². The molecule has 0 aliphatic heterocycles. The fourth-order valence-corrected chi connectivity index (χ4v) is 3.67. The molecule has 0 fully saturated rings. The monoisotopic (exact) mass is 352 g/mol. The molecule has 19 heavy (non-hydrogen) atoms. The van der Waals surface area contributed by atoms with E-state index in [4.69, 9.17) is 13.5 Å². The molecule has 0 saturated carbocycles. The normalized spacial score (nSPS) is 11.8. The van der Waals surface area contributed by atoms with Gasteiger partial charge in [0.05, 0.1) is 24.7 Å². The molecule has 5 nitrogen and oxygen atoms in total.